The summed E-state index contributed by atoms with van der Waals surface area (Å²) in [6.07, 6.45) is 0.831. The van der Waals surface area contributed by atoms with Crippen LogP contribution in [-0.2, 0) is 0 Å². The van der Waals surface area contributed by atoms with Gasteiger partial charge in [0.2, 0.25) is 0 Å². The molecule has 1 rings (SSSR count). The summed E-state index contributed by atoms with van der Waals surface area (Å²) in [5, 5.41) is 6.27. The van der Waals surface area contributed by atoms with Gasteiger partial charge in [0.1, 0.15) is 5.76 Å². The number of nitrogens with one attached hydrogen (secondary N) is 1. The molecule has 0 radical (unpaired) electrons. The molecule has 1 heterocycles. The van der Waals surface area contributed by atoms with E-state index in [2.05, 4.69) is 10.5 Å². The number of carbonyl (C=O) groups excluding carboxylic acids is 1. The fourth-order valence-electron chi connectivity index (χ4n) is 0.932. The third kappa shape index (κ3) is 2.85. The molecule has 1 atom stereocenters. The topological polar surface area (TPSA) is 81.1 Å². The maximum atomic E-state index is 11.4. The molecule has 0 spiro atoms. The number of hydrogen-bond donors (Lipinski definition) is 2. The third-order valence-electron chi connectivity index (χ3n) is 1.91. The zero-order valence-electron chi connectivity index (χ0n) is 8.41. The lowest BCUT2D eigenvalue weighted by Gasteiger charge is -2.08. The van der Waals surface area contributed by atoms with Crippen molar-refractivity contribution in [3.05, 3.63) is 17.5 Å². The Morgan fingerprint density at radius 1 is 1.79 bits per heavy atom. The third-order valence-corrected chi connectivity index (χ3v) is 1.91. The van der Waals surface area contributed by atoms with Crippen LogP contribution in [0.3, 0.4) is 0 Å². The smallest absolute Gasteiger partial charge is 0.273 e. The minimum Gasteiger partial charge on any atom is -0.361 e. The highest BCUT2D eigenvalue weighted by Crippen LogP contribution is 2.00. The molecular formula is C9H15N3O2. The molecule has 1 aromatic heterocycles. The van der Waals surface area contributed by atoms with Crippen molar-refractivity contribution in [1.29, 1.82) is 0 Å². The van der Waals surface area contributed by atoms with Gasteiger partial charge in [-0.1, -0.05) is 12.1 Å². The SMILES string of the molecule is CCC(N)CNC(=O)c1cc(C)on1. The highest BCUT2D eigenvalue weighted by atomic mass is 16.5. The molecule has 0 fully saturated rings. The lowest BCUT2D eigenvalue weighted by atomic mass is 10.2. The van der Waals surface area contributed by atoms with E-state index in [0.717, 1.165) is 6.42 Å². The standard InChI is InChI=1S/C9H15N3O2/c1-3-7(10)5-11-9(13)8-4-6(2)14-12-8/h4,7H,3,5,10H2,1-2H3,(H,11,13). The van der Waals surface area contributed by atoms with Gasteiger partial charge >= 0.3 is 0 Å². The van der Waals surface area contributed by atoms with Gasteiger partial charge in [0.15, 0.2) is 5.69 Å². The highest BCUT2D eigenvalue weighted by Gasteiger charge is 2.10. The summed E-state index contributed by atoms with van der Waals surface area (Å²) in [5.74, 6) is 0.376. The van der Waals surface area contributed by atoms with Crippen molar-refractivity contribution < 1.29 is 9.32 Å². The van der Waals surface area contributed by atoms with Crippen LogP contribution in [-0.4, -0.2) is 23.7 Å². The van der Waals surface area contributed by atoms with Gasteiger partial charge in [-0.05, 0) is 13.3 Å². The van der Waals surface area contributed by atoms with Gasteiger partial charge in [-0.25, -0.2) is 0 Å². The Kier molecular flexibility index (Phi) is 3.64. The van der Waals surface area contributed by atoms with E-state index >= 15 is 0 Å². The molecule has 5 heteroatoms. The fraction of sp³-hybridized carbons (Fsp3) is 0.556. The Balaban J connectivity index is 2.43. The number of nitrogens with two attached hydrogens (primary N) is 1. The van der Waals surface area contributed by atoms with Crippen LogP contribution in [0.4, 0.5) is 0 Å². The number of rotatable bonds is 4. The van der Waals surface area contributed by atoms with Crippen LogP contribution in [0.5, 0.6) is 0 Å². The Hall–Kier alpha value is -1.36. The van der Waals surface area contributed by atoms with Crippen LogP contribution in [0.15, 0.2) is 10.6 Å². The Morgan fingerprint density at radius 3 is 3.00 bits per heavy atom. The van der Waals surface area contributed by atoms with E-state index in [-0.39, 0.29) is 11.9 Å². The van der Waals surface area contributed by atoms with E-state index in [9.17, 15) is 4.79 Å². The van der Waals surface area contributed by atoms with Crippen molar-refractivity contribution in [3.63, 3.8) is 0 Å². The van der Waals surface area contributed by atoms with Gasteiger partial charge < -0.3 is 15.6 Å². The lowest BCUT2D eigenvalue weighted by molar-refractivity contribution is 0.0942. The maximum absolute atomic E-state index is 11.4. The van der Waals surface area contributed by atoms with E-state index in [4.69, 9.17) is 10.3 Å². The molecule has 78 valence electrons. The molecule has 0 aliphatic carbocycles. The first kappa shape index (κ1) is 10.7. The van der Waals surface area contributed by atoms with Crippen molar-refractivity contribution >= 4 is 5.91 Å². The van der Waals surface area contributed by atoms with Gasteiger partial charge in [0, 0.05) is 18.7 Å². The monoisotopic (exact) mass is 197 g/mol. The van der Waals surface area contributed by atoms with Crippen LogP contribution in [0, 0.1) is 6.92 Å². The largest absolute Gasteiger partial charge is 0.361 e. The van der Waals surface area contributed by atoms with Gasteiger partial charge in [-0.3, -0.25) is 4.79 Å². The molecular weight excluding hydrogens is 182 g/mol. The summed E-state index contributed by atoms with van der Waals surface area (Å²) in [5.41, 5.74) is 5.94. The normalized spacial score (nSPS) is 12.5. The summed E-state index contributed by atoms with van der Waals surface area (Å²) in [4.78, 5) is 11.4. The second-order valence-corrected chi connectivity index (χ2v) is 3.20. The number of nitrogens with zero attached hydrogens (tertiary/aromatic N) is 1. The van der Waals surface area contributed by atoms with Crippen molar-refractivity contribution in [2.45, 2.75) is 26.3 Å². The first-order chi connectivity index (χ1) is 6.63. The molecule has 1 aromatic rings. The first-order valence-corrected chi connectivity index (χ1v) is 4.60. The molecule has 0 aromatic carbocycles. The summed E-state index contributed by atoms with van der Waals surface area (Å²) in [6, 6.07) is 1.58. The zero-order chi connectivity index (χ0) is 10.6. The van der Waals surface area contributed by atoms with E-state index in [1.165, 1.54) is 0 Å². The fourth-order valence-corrected chi connectivity index (χ4v) is 0.932. The van der Waals surface area contributed by atoms with Gasteiger partial charge in [0.05, 0.1) is 0 Å². The second kappa shape index (κ2) is 4.76. The van der Waals surface area contributed by atoms with E-state index in [1.54, 1.807) is 13.0 Å². The average Bonchev–Trinajstić information content (AvgIpc) is 2.60. The van der Waals surface area contributed by atoms with Crippen molar-refractivity contribution in [3.8, 4) is 0 Å². The van der Waals surface area contributed by atoms with E-state index in [1.807, 2.05) is 6.92 Å². The molecule has 0 aliphatic rings. The highest BCUT2D eigenvalue weighted by molar-refractivity contribution is 5.92. The van der Waals surface area contributed by atoms with Crippen LogP contribution in [0.2, 0.25) is 0 Å². The molecule has 3 N–H and O–H groups in total. The van der Waals surface area contributed by atoms with E-state index in [0.29, 0.717) is 18.0 Å². The van der Waals surface area contributed by atoms with Crippen molar-refractivity contribution in [2.24, 2.45) is 5.73 Å². The number of aromatic nitrogens is 1. The number of hydrogen-bond acceptors (Lipinski definition) is 4. The number of aryl methyl sites for hydroxylation is 1. The molecule has 0 saturated heterocycles. The summed E-state index contributed by atoms with van der Waals surface area (Å²) in [7, 11) is 0. The molecule has 0 bridgehead atoms. The molecule has 0 aliphatic heterocycles. The molecule has 1 unspecified atom stereocenters. The van der Waals surface area contributed by atoms with E-state index < -0.39 is 0 Å². The Bertz CT molecular complexity index is 309. The quantitative estimate of drug-likeness (QED) is 0.734. The number of amides is 1. The first-order valence-electron chi connectivity index (χ1n) is 4.60. The zero-order valence-corrected chi connectivity index (χ0v) is 8.41. The maximum Gasteiger partial charge on any atom is 0.273 e. The number of carbonyl (C=O) groups is 1. The van der Waals surface area contributed by atoms with Crippen LogP contribution >= 0.6 is 0 Å². The Labute approximate surface area is 82.6 Å². The van der Waals surface area contributed by atoms with Crippen molar-refractivity contribution in [2.75, 3.05) is 6.54 Å². The molecule has 14 heavy (non-hydrogen) atoms. The summed E-state index contributed by atoms with van der Waals surface area (Å²) >= 11 is 0. The average molecular weight is 197 g/mol. The second-order valence-electron chi connectivity index (χ2n) is 3.20. The van der Waals surface area contributed by atoms with Crippen LogP contribution in [0.1, 0.15) is 29.6 Å². The summed E-state index contributed by atoms with van der Waals surface area (Å²) < 4.78 is 4.78. The molecule has 5 nitrogen and oxygen atoms in total. The minimum absolute atomic E-state index is 0.00746. The lowest BCUT2D eigenvalue weighted by Crippen LogP contribution is -2.36. The Morgan fingerprint density at radius 2 is 2.50 bits per heavy atom. The van der Waals surface area contributed by atoms with Gasteiger partial charge in [-0.2, -0.15) is 0 Å². The predicted octanol–water partition coefficient (Wildman–Crippen LogP) is 0.450. The summed E-state index contributed by atoms with van der Waals surface area (Å²) in [6.45, 7) is 4.17. The van der Waals surface area contributed by atoms with Crippen molar-refractivity contribution in [1.82, 2.24) is 10.5 Å². The minimum atomic E-state index is -0.245. The molecule has 0 saturated carbocycles. The molecule has 1 amide bonds. The van der Waals surface area contributed by atoms with Gasteiger partial charge in [-0.15, -0.1) is 0 Å². The predicted molar refractivity (Wildman–Crippen MR) is 51.8 cm³/mol. The van der Waals surface area contributed by atoms with Crippen LogP contribution < -0.4 is 11.1 Å². The van der Waals surface area contributed by atoms with Gasteiger partial charge in [0.25, 0.3) is 5.91 Å². The van der Waals surface area contributed by atoms with Crippen LogP contribution in [0.25, 0.3) is 0 Å².